The number of hydrogen-bond donors (Lipinski definition) is 0. The first-order valence-corrected chi connectivity index (χ1v) is 11.8. The molecule has 3 rings (SSSR count). The molecule has 0 aromatic heterocycles. The highest BCUT2D eigenvalue weighted by Gasteiger charge is 2.52. The fourth-order valence-corrected chi connectivity index (χ4v) is 9.28. The van der Waals surface area contributed by atoms with Gasteiger partial charge in [0.05, 0.1) is 0 Å². The lowest BCUT2D eigenvalue weighted by Gasteiger charge is -2.34. The fraction of sp³-hybridized carbons (Fsp3) is 0.750. The second-order valence-electron chi connectivity index (χ2n) is 11.5. The minimum Gasteiger partial charge on any atom is -0.0710 e. The summed E-state index contributed by atoms with van der Waals surface area (Å²) >= 11 is 0. The molecule has 2 fully saturated rings. The van der Waals surface area contributed by atoms with Crippen LogP contribution in [0.4, 0.5) is 0 Å². The van der Waals surface area contributed by atoms with E-state index in [-0.39, 0.29) is 18.8 Å². The lowest BCUT2D eigenvalue weighted by atomic mass is 9.81. The topological polar surface area (TPSA) is 0 Å². The molecule has 1 aromatic rings. The van der Waals surface area contributed by atoms with Crippen molar-refractivity contribution in [3.63, 3.8) is 0 Å². The van der Waals surface area contributed by atoms with Crippen molar-refractivity contribution < 1.29 is 0 Å². The third-order valence-corrected chi connectivity index (χ3v) is 10.5. The van der Waals surface area contributed by atoms with E-state index in [1.807, 2.05) is 0 Å². The summed E-state index contributed by atoms with van der Waals surface area (Å²) in [6, 6.07) is 7.66. The Hall–Kier alpha value is -0.350. The molecule has 1 heteroatoms. The zero-order chi connectivity index (χ0) is 18.8. The van der Waals surface area contributed by atoms with E-state index in [0.29, 0.717) is 5.41 Å². The van der Waals surface area contributed by atoms with Gasteiger partial charge in [0.2, 0.25) is 0 Å². The molecule has 1 aliphatic carbocycles. The highest BCUT2D eigenvalue weighted by molar-refractivity contribution is 7.66. The first-order valence-electron chi connectivity index (χ1n) is 10.2. The van der Waals surface area contributed by atoms with Crippen molar-refractivity contribution in [2.75, 3.05) is 6.16 Å². The van der Waals surface area contributed by atoms with Crippen molar-refractivity contribution >= 4 is 13.2 Å². The summed E-state index contributed by atoms with van der Waals surface area (Å²) in [7, 11) is -0.0347. The predicted octanol–water partition coefficient (Wildman–Crippen LogP) is 6.84. The molecule has 140 valence electrons. The third-order valence-electron chi connectivity index (χ3n) is 6.86. The van der Waals surface area contributed by atoms with E-state index in [4.69, 9.17) is 0 Å². The minimum absolute atomic E-state index is 0.0347. The van der Waals surface area contributed by atoms with Gasteiger partial charge in [-0.25, -0.2) is 0 Å². The minimum atomic E-state index is -0.0347. The van der Waals surface area contributed by atoms with E-state index in [1.54, 1.807) is 5.30 Å². The van der Waals surface area contributed by atoms with Crippen LogP contribution in [0.2, 0.25) is 0 Å². The third kappa shape index (κ3) is 3.58. The van der Waals surface area contributed by atoms with Crippen molar-refractivity contribution in [3.05, 3.63) is 29.3 Å². The van der Waals surface area contributed by atoms with Gasteiger partial charge in [-0.2, -0.15) is 0 Å². The van der Waals surface area contributed by atoms with Crippen LogP contribution in [0.15, 0.2) is 18.2 Å². The first kappa shape index (κ1) is 19.4. The summed E-state index contributed by atoms with van der Waals surface area (Å²) in [4.78, 5) is 0. The molecule has 0 amide bonds. The van der Waals surface area contributed by atoms with Gasteiger partial charge in [-0.05, 0) is 69.2 Å². The average Bonchev–Trinajstić information content (AvgIpc) is 2.96. The Balaban J connectivity index is 2.10. The smallest absolute Gasteiger partial charge is 0.00865 e. The molecule has 0 bridgehead atoms. The number of rotatable bonds is 1. The van der Waals surface area contributed by atoms with E-state index in [9.17, 15) is 0 Å². The standard InChI is InChI=1S/C24H39P/c1-16-15-25(21-20(16)10-11-24(21,8)9)19-13-17(22(2,3)4)12-18(14-19)23(5,6)7/h12-14,16,20-21H,10-11,15H2,1-9H3/t16-,20+,21-,25?/m1/s1. The monoisotopic (exact) mass is 358 g/mol. The molecule has 1 saturated heterocycles. The van der Waals surface area contributed by atoms with Gasteiger partial charge in [0.1, 0.15) is 0 Å². The molecule has 1 aliphatic heterocycles. The average molecular weight is 359 g/mol. The zero-order valence-corrected chi connectivity index (χ0v) is 18.9. The largest absolute Gasteiger partial charge is 0.0710 e. The van der Waals surface area contributed by atoms with Crippen LogP contribution in [-0.2, 0) is 10.8 Å². The number of hydrogen-bond acceptors (Lipinski definition) is 0. The van der Waals surface area contributed by atoms with Gasteiger partial charge in [-0.3, -0.25) is 0 Å². The van der Waals surface area contributed by atoms with Crippen LogP contribution in [0.3, 0.4) is 0 Å². The summed E-state index contributed by atoms with van der Waals surface area (Å²) < 4.78 is 0. The Morgan fingerprint density at radius 1 is 0.920 bits per heavy atom. The number of benzene rings is 1. The van der Waals surface area contributed by atoms with Crippen molar-refractivity contribution in [2.24, 2.45) is 17.3 Å². The van der Waals surface area contributed by atoms with E-state index in [1.165, 1.54) is 30.1 Å². The van der Waals surface area contributed by atoms with Crippen molar-refractivity contribution in [1.29, 1.82) is 0 Å². The molecule has 0 radical (unpaired) electrons. The lowest BCUT2D eigenvalue weighted by Crippen LogP contribution is -2.28. The van der Waals surface area contributed by atoms with E-state index < -0.39 is 0 Å². The van der Waals surface area contributed by atoms with Crippen LogP contribution in [0.25, 0.3) is 0 Å². The summed E-state index contributed by atoms with van der Waals surface area (Å²) in [5.74, 6) is 1.88. The van der Waals surface area contributed by atoms with Crippen LogP contribution in [-0.4, -0.2) is 11.8 Å². The van der Waals surface area contributed by atoms with Gasteiger partial charge in [-0.15, -0.1) is 0 Å². The van der Waals surface area contributed by atoms with Gasteiger partial charge in [0.25, 0.3) is 0 Å². The maximum absolute atomic E-state index is 2.59. The zero-order valence-electron chi connectivity index (χ0n) is 18.0. The lowest BCUT2D eigenvalue weighted by molar-refractivity contribution is 0.356. The van der Waals surface area contributed by atoms with Gasteiger partial charge >= 0.3 is 0 Å². The quantitative estimate of drug-likeness (QED) is 0.482. The highest BCUT2D eigenvalue weighted by atomic mass is 31.1. The summed E-state index contributed by atoms with van der Waals surface area (Å²) in [5, 5.41) is 1.70. The highest BCUT2D eigenvalue weighted by Crippen LogP contribution is 2.66. The molecule has 1 aromatic carbocycles. The summed E-state index contributed by atoms with van der Waals surface area (Å²) in [5.41, 5.74) is 4.97. The molecule has 0 nitrogen and oxygen atoms in total. The Bertz CT molecular complexity index is 609. The number of fused-ring (bicyclic) bond motifs is 1. The van der Waals surface area contributed by atoms with E-state index >= 15 is 0 Å². The fourth-order valence-electron chi connectivity index (χ4n) is 5.14. The molecule has 1 unspecified atom stereocenters. The Morgan fingerprint density at radius 2 is 1.44 bits per heavy atom. The second-order valence-corrected chi connectivity index (χ2v) is 13.9. The molecule has 2 aliphatic rings. The van der Waals surface area contributed by atoms with Gasteiger partial charge in [-0.1, -0.05) is 88.4 Å². The molecule has 0 spiro atoms. The Morgan fingerprint density at radius 3 is 1.92 bits per heavy atom. The molecular weight excluding hydrogens is 319 g/mol. The molecule has 1 saturated carbocycles. The van der Waals surface area contributed by atoms with E-state index in [0.717, 1.165) is 17.5 Å². The van der Waals surface area contributed by atoms with Crippen LogP contribution in [0.5, 0.6) is 0 Å². The molecule has 4 atom stereocenters. The maximum atomic E-state index is 2.59. The molecule has 1 heterocycles. The SMILES string of the molecule is C[C@@H]1CP(c2cc(C(C)(C)C)cc(C(C)(C)C)c2)[C@@H]2[C@H]1CCC2(C)C. The first-order chi connectivity index (χ1) is 11.3. The van der Waals surface area contributed by atoms with Crippen LogP contribution < -0.4 is 5.30 Å². The summed E-state index contributed by atoms with van der Waals surface area (Å²) in [6.07, 6.45) is 4.34. The van der Waals surface area contributed by atoms with Crippen molar-refractivity contribution in [3.8, 4) is 0 Å². The molecule has 0 N–H and O–H groups in total. The van der Waals surface area contributed by atoms with Gasteiger partial charge in [0, 0.05) is 0 Å². The van der Waals surface area contributed by atoms with Crippen molar-refractivity contribution in [2.45, 2.75) is 91.6 Å². The normalized spacial score (nSPS) is 32.0. The molecular formula is C24H39P. The van der Waals surface area contributed by atoms with Gasteiger partial charge in [0.15, 0.2) is 0 Å². The summed E-state index contributed by atoms with van der Waals surface area (Å²) in [6.45, 7) is 21.8. The van der Waals surface area contributed by atoms with Crippen molar-refractivity contribution in [1.82, 2.24) is 0 Å². The maximum Gasteiger partial charge on any atom is -0.00865 e. The Kier molecular flexibility index (Phi) is 4.73. The van der Waals surface area contributed by atoms with Crippen LogP contribution >= 0.6 is 7.92 Å². The van der Waals surface area contributed by atoms with Gasteiger partial charge < -0.3 is 0 Å². The second kappa shape index (κ2) is 6.09. The Labute approximate surface area is 157 Å². The van der Waals surface area contributed by atoms with Crippen LogP contribution in [0, 0.1) is 17.3 Å². The van der Waals surface area contributed by atoms with Crippen LogP contribution in [0.1, 0.15) is 86.3 Å². The molecule has 25 heavy (non-hydrogen) atoms. The predicted molar refractivity (Wildman–Crippen MR) is 115 cm³/mol. The van der Waals surface area contributed by atoms with E-state index in [2.05, 4.69) is 80.5 Å².